The van der Waals surface area contributed by atoms with Gasteiger partial charge in [0.2, 0.25) is 0 Å². The fourth-order valence-electron chi connectivity index (χ4n) is 9.59. The molecule has 91 heavy (non-hydrogen) atoms. The number of thioether (sulfide) groups is 2. The van der Waals surface area contributed by atoms with Gasteiger partial charge in [0.1, 0.15) is 23.0 Å². The van der Waals surface area contributed by atoms with Crippen molar-refractivity contribution in [1.82, 2.24) is 0 Å². The van der Waals surface area contributed by atoms with E-state index in [9.17, 15) is 58.5 Å². The highest BCUT2D eigenvalue weighted by Crippen LogP contribution is 2.59. The van der Waals surface area contributed by atoms with Gasteiger partial charge < -0.3 is 47.4 Å². The van der Waals surface area contributed by atoms with E-state index in [0.29, 0.717) is 91.1 Å². The lowest BCUT2D eigenvalue weighted by atomic mass is 9.82. The van der Waals surface area contributed by atoms with Gasteiger partial charge in [-0.1, -0.05) is 65.1 Å². The van der Waals surface area contributed by atoms with Gasteiger partial charge in [0.15, 0.2) is 5.92 Å². The van der Waals surface area contributed by atoms with E-state index in [1.165, 1.54) is 23.5 Å². The van der Waals surface area contributed by atoms with E-state index in [2.05, 4.69) is 13.2 Å². The molecular weight excluding hydrogens is 1220 g/mol. The minimum Gasteiger partial charge on any atom is -0.465 e. The highest BCUT2D eigenvalue weighted by molar-refractivity contribution is 8.19. The molecule has 2 saturated carbocycles. The maximum Gasteiger partial charge on any atom is 0.330 e. The minimum absolute atomic E-state index is 0.0132. The Balaban J connectivity index is 0.903. The van der Waals surface area contributed by atoms with Crippen LogP contribution in [0.25, 0.3) is 0 Å². The summed E-state index contributed by atoms with van der Waals surface area (Å²) >= 11 is 2.36. The summed E-state index contributed by atoms with van der Waals surface area (Å²) in [5, 5.41) is 19.7. The van der Waals surface area contributed by atoms with Crippen molar-refractivity contribution < 1.29 is 95.3 Å². The van der Waals surface area contributed by atoms with E-state index in [1.807, 2.05) is 12.1 Å². The van der Waals surface area contributed by atoms with Crippen LogP contribution in [0, 0.1) is 70.0 Å². The number of nitriles is 2. The van der Waals surface area contributed by atoms with Crippen molar-refractivity contribution in [3.63, 3.8) is 0 Å². The molecule has 0 amide bonds. The summed E-state index contributed by atoms with van der Waals surface area (Å²) in [7, 11) is 0. The number of esters is 10. The second-order valence-corrected chi connectivity index (χ2v) is 26.4. The predicted molar refractivity (Wildman–Crippen MR) is 327 cm³/mol. The molecule has 0 spiro atoms. The van der Waals surface area contributed by atoms with Crippen LogP contribution in [0.1, 0.15) is 121 Å². The topological polar surface area (TPSA) is 311 Å². The van der Waals surface area contributed by atoms with Crippen LogP contribution in [-0.2, 0) is 89.2 Å². The molecule has 2 aliphatic carbocycles. The number of carbonyl (C=O) groups excluding carboxylic acids is 10. The number of rotatable bonds is 31. The van der Waals surface area contributed by atoms with Crippen LogP contribution in [-0.4, -0.2) is 104 Å². The van der Waals surface area contributed by atoms with E-state index < -0.39 is 105 Å². The maximum absolute atomic E-state index is 13.8. The van der Waals surface area contributed by atoms with Crippen molar-refractivity contribution in [2.24, 2.45) is 40.4 Å². The quantitative estimate of drug-likeness (QED) is 0.0250. The molecule has 0 aromatic heterocycles. The molecule has 0 bridgehead atoms. The first-order chi connectivity index (χ1) is 43.4. The third-order valence-corrected chi connectivity index (χ3v) is 18.0. The Hall–Kier alpha value is -8.48. The molecule has 3 aromatic rings. The highest BCUT2D eigenvalue weighted by Gasteiger charge is 2.40. The molecule has 1 heterocycles. The molecule has 0 radical (unpaired) electrons. The van der Waals surface area contributed by atoms with Crippen molar-refractivity contribution in [1.29, 1.82) is 10.5 Å². The predicted octanol–water partition coefficient (Wildman–Crippen LogP) is 10.1. The molecule has 486 valence electrons. The summed E-state index contributed by atoms with van der Waals surface area (Å²) in [4.78, 5) is 127. The Bertz CT molecular complexity index is 3220. The lowest BCUT2D eigenvalue weighted by Gasteiger charge is -2.27. The first-order valence-electron chi connectivity index (χ1n) is 29.9. The minimum atomic E-state index is -1.05. The number of benzene rings is 3. The number of fused-ring (bicyclic) bond motifs is 1. The monoisotopic (exact) mass is 1290 g/mol. The summed E-state index contributed by atoms with van der Waals surface area (Å²) in [6, 6.07) is 19.2. The van der Waals surface area contributed by atoms with Crippen molar-refractivity contribution >= 4 is 83.2 Å². The molecule has 0 N–H and O–H groups in total. The van der Waals surface area contributed by atoms with Crippen molar-refractivity contribution in [2.75, 3.05) is 39.6 Å². The smallest absolute Gasteiger partial charge is 0.330 e. The van der Waals surface area contributed by atoms with E-state index in [1.54, 1.807) is 89.2 Å². The van der Waals surface area contributed by atoms with Crippen LogP contribution in [0.2, 0.25) is 0 Å². The van der Waals surface area contributed by atoms with Gasteiger partial charge in [-0.05, 0) is 105 Å². The first kappa shape index (κ1) is 71.6. The maximum atomic E-state index is 13.8. The lowest BCUT2D eigenvalue weighted by Crippen LogP contribution is -2.31. The van der Waals surface area contributed by atoms with Gasteiger partial charge in [-0.25, -0.2) is 9.59 Å². The van der Waals surface area contributed by atoms with Gasteiger partial charge >= 0.3 is 59.7 Å². The zero-order valence-corrected chi connectivity index (χ0v) is 53.4. The largest absolute Gasteiger partial charge is 0.465 e. The van der Waals surface area contributed by atoms with Crippen molar-refractivity contribution in [2.45, 2.75) is 139 Å². The van der Waals surface area contributed by atoms with E-state index in [4.69, 9.17) is 47.4 Å². The Morgan fingerprint density at radius 3 is 1.22 bits per heavy atom. The van der Waals surface area contributed by atoms with Gasteiger partial charge in [-0.15, -0.1) is 23.5 Å². The van der Waals surface area contributed by atoms with Crippen LogP contribution >= 0.6 is 23.5 Å². The summed E-state index contributed by atoms with van der Waals surface area (Å²) in [6.07, 6.45) is 4.97. The second-order valence-electron chi connectivity index (χ2n) is 23.8. The normalized spacial score (nSPS) is 17.6. The Kier molecular flexibility index (Phi) is 27.3. The van der Waals surface area contributed by atoms with Gasteiger partial charge in [0.25, 0.3) is 0 Å². The Morgan fingerprint density at radius 1 is 0.505 bits per heavy atom. The van der Waals surface area contributed by atoms with Crippen LogP contribution in [0.4, 0.5) is 0 Å². The number of ether oxygens (including phenoxy) is 10. The molecule has 1 unspecified atom stereocenters. The van der Waals surface area contributed by atoms with Gasteiger partial charge in [-0.2, -0.15) is 10.5 Å². The zero-order valence-electron chi connectivity index (χ0n) is 51.7. The number of nitrogens with zero attached hydrogens (tertiary/aromatic N) is 2. The number of carbonyl (C=O) groups is 10. The number of aryl methyl sites for hydroxylation is 1. The molecule has 6 rings (SSSR count). The summed E-state index contributed by atoms with van der Waals surface area (Å²) in [6.45, 7) is 15.5. The zero-order chi connectivity index (χ0) is 66.3. The molecule has 0 saturated heterocycles. The van der Waals surface area contributed by atoms with E-state index in [-0.39, 0.29) is 76.8 Å². The molecule has 22 nitrogen and oxygen atoms in total. The number of hydrogen-bond donors (Lipinski definition) is 0. The number of hydrogen-bond acceptors (Lipinski definition) is 24. The SMILES string of the molecule is C=CC(=O)OCC(C)(C)COC(=O)CCC(=O)OCCc1ccc(OC(=O)C2CCC(C(=O)Oc3cc(C)c(OC(=O)C4CCC(C(=O)Oc5ccc(CCOC(=O)CCC(=O)OCC(C)(C)COC(=O)C=C)cc5)CC4)c4c3SC(C(C#N)C#N)S4)CC2)cc1. The van der Waals surface area contributed by atoms with Gasteiger partial charge in [-0.3, -0.25) is 38.4 Å². The van der Waals surface area contributed by atoms with E-state index in [0.717, 1.165) is 23.3 Å². The Labute approximate surface area is 537 Å². The summed E-state index contributed by atoms with van der Waals surface area (Å²) < 4.78 is 54.0. The molecule has 3 aliphatic rings. The highest BCUT2D eigenvalue weighted by atomic mass is 32.2. The van der Waals surface area contributed by atoms with E-state index >= 15 is 0 Å². The molecule has 1 aliphatic heterocycles. The fraction of sp³-hybridized carbons (Fsp3) is 0.493. The van der Waals surface area contributed by atoms with Crippen LogP contribution in [0.5, 0.6) is 23.0 Å². The van der Waals surface area contributed by atoms with Gasteiger partial charge in [0.05, 0.1) is 116 Å². The summed E-state index contributed by atoms with van der Waals surface area (Å²) in [5.74, 6) is -7.41. The molecule has 2 fully saturated rings. The standard InChI is InChI=1S/C67H76N2O20S2/c1-8-52(70)82-37-66(4,5)39-84-56(74)28-26-54(72)80-32-30-42-10-22-49(23-11-42)86-61(76)44-14-18-46(19-15-44)63(78)88-51-34-41(3)58(60-59(51)90-65(91-60)48(35-68)36-69)89-64(79)47-20-16-45(17-21-47)62(77)87-50-24-12-43(13-25-50)31-33-81-55(73)27-29-57(75)85-40-67(6,7)38-83-53(71)9-2/h8-13,22-25,34,44-48,65H,1-2,14-21,26-33,37-40H2,3-7H3. The lowest BCUT2D eigenvalue weighted by molar-refractivity contribution is -0.154. The molecular formula is C67H76N2O20S2. The molecule has 3 aromatic carbocycles. The Morgan fingerprint density at radius 2 is 0.846 bits per heavy atom. The average molecular weight is 1290 g/mol. The van der Waals surface area contributed by atoms with Crippen molar-refractivity contribution in [3.05, 3.63) is 96.6 Å². The fourth-order valence-corrected chi connectivity index (χ4v) is 12.6. The van der Waals surface area contributed by atoms with Crippen LogP contribution < -0.4 is 18.9 Å². The van der Waals surface area contributed by atoms with Crippen LogP contribution in [0.15, 0.2) is 89.7 Å². The van der Waals surface area contributed by atoms with Crippen LogP contribution in [0.3, 0.4) is 0 Å². The third-order valence-electron chi connectivity index (χ3n) is 15.0. The average Bonchev–Trinajstić information content (AvgIpc) is 1.78. The first-order valence-corrected chi connectivity index (χ1v) is 31.7. The second kappa shape index (κ2) is 34.6. The summed E-state index contributed by atoms with van der Waals surface area (Å²) in [5.41, 5.74) is 0.840. The molecule has 1 atom stereocenters. The van der Waals surface area contributed by atoms with Crippen molar-refractivity contribution in [3.8, 4) is 35.1 Å². The third kappa shape index (κ3) is 23.1. The van der Waals surface area contributed by atoms with Gasteiger partial charge in [0, 0.05) is 35.8 Å². The molecule has 24 heteroatoms.